The summed E-state index contributed by atoms with van der Waals surface area (Å²) in [6, 6.07) is 5.32. The Kier molecular flexibility index (Phi) is 6.91. The lowest BCUT2D eigenvalue weighted by Gasteiger charge is -2.17. The van der Waals surface area contributed by atoms with E-state index in [-0.39, 0.29) is 5.82 Å². The summed E-state index contributed by atoms with van der Waals surface area (Å²) >= 11 is 0. The van der Waals surface area contributed by atoms with Crippen molar-refractivity contribution in [3.8, 4) is 0 Å². The molecule has 0 aromatic heterocycles. The second-order valence-corrected chi connectivity index (χ2v) is 4.66. The highest BCUT2D eigenvalue weighted by molar-refractivity contribution is 5.27. The van der Waals surface area contributed by atoms with Crippen LogP contribution in [0.4, 0.5) is 4.39 Å². The predicted octanol–water partition coefficient (Wildman–Crippen LogP) is 3.08. The molecule has 102 valence electrons. The van der Waals surface area contributed by atoms with Crippen LogP contribution in [-0.2, 0) is 11.2 Å². The minimum atomic E-state index is -0.160. The lowest BCUT2D eigenvalue weighted by molar-refractivity contribution is 0.125. The largest absolute Gasteiger partial charge is 0.381 e. The molecule has 0 saturated heterocycles. The van der Waals surface area contributed by atoms with Gasteiger partial charge in [-0.3, -0.25) is 0 Å². The number of nitrogens with one attached hydrogen (secondary N) is 1. The number of rotatable bonds is 8. The van der Waals surface area contributed by atoms with Crippen LogP contribution in [0.1, 0.15) is 30.9 Å². The maximum absolute atomic E-state index is 13.2. The Hall–Kier alpha value is -0.930. The van der Waals surface area contributed by atoms with Crippen molar-refractivity contribution >= 4 is 0 Å². The van der Waals surface area contributed by atoms with Crippen molar-refractivity contribution in [1.82, 2.24) is 5.32 Å². The monoisotopic (exact) mass is 253 g/mol. The lowest BCUT2D eigenvalue weighted by Crippen LogP contribution is -2.29. The van der Waals surface area contributed by atoms with Crippen LogP contribution in [0, 0.1) is 12.7 Å². The van der Waals surface area contributed by atoms with E-state index in [4.69, 9.17) is 4.74 Å². The van der Waals surface area contributed by atoms with Gasteiger partial charge in [0.1, 0.15) is 5.82 Å². The van der Waals surface area contributed by atoms with Crippen LogP contribution in [0.2, 0.25) is 0 Å². The normalized spacial score (nSPS) is 12.7. The zero-order chi connectivity index (χ0) is 13.4. The molecular formula is C15H24FNO. The average Bonchev–Trinajstić information content (AvgIpc) is 2.37. The molecule has 0 spiro atoms. The zero-order valence-electron chi connectivity index (χ0n) is 11.6. The maximum Gasteiger partial charge on any atom is 0.123 e. The van der Waals surface area contributed by atoms with Gasteiger partial charge >= 0.3 is 0 Å². The second kappa shape index (κ2) is 8.22. The molecule has 0 aliphatic carbocycles. The van der Waals surface area contributed by atoms with Crippen molar-refractivity contribution < 1.29 is 9.13 Å². The van der Waals surface area contributed by atoms with E-state index in [1.807, 2.05) is 20.0 Å². The molecule has 1 aromatic carbocycles. The maximum atomic E-state index is 13.2. The molecule has 0 saturated carbocycles. The van der Waals surface area contributed by atoms with Gasteiger partial charge in [0.15, 0.2) is 0 Å². The molecule has 0 fully saturated rings. The highest BCUT2D eigenvalue weighted by atomic mass is 19.1. The van der Waals surface area contributed by atoms with Gasteiger partial charge in [-0.2, -0.15) is 0 Å². The topological polar surface area (TPSA) is 21.3 Å². The molecule has 1 aromatic rings. The molecule has 0 aliphatic heterocycles. The van der Waals surface area contributed by atoms with E-state index in [1.165, 1.54) is 6.07 Å². The highest BCUT2D eigenvalue weighted by Crippen LogP contribution is 2.13. The van der Waals surface area contributed by atoms with Crippen molar-refractivity contribution in [2.24, 2.45) is 0 Å². The Labute approximate surface area is 110 Å². The molecule has 18 heavy (non-hydrogen) atoms. The van der Waals surface area contributed by atoms with Gasteiger partial charge in [-0.05, 0) is 56.5 Å². The van der Waals surface area contributed by atoms with Crippen LogP contribution in [0.25, 0.3) is 0 Å². The van der Waals surface area contributed by atoms with Gasteiger partial charge in [0.25, 0.3) is 0 Å². The molecule has 2 nitrogen and oxygen atoms in total. The summed E-state index contributed by atoms with van der Waals surface area (Å²) in [5.74, 6) is -0.160. The van der Waals surface area contributed by atoms with Crippen LogP contribution in [0.15, 0.2) is 18.2 Å². The summed E-state index contributed by atoms with van der Waals surface area (Å²) in [6.07, 6.45) is 2.84. The molecular weight excluding hydrogens is 229 g/mol. The summed E-state index contributed by atoms with van der Waals surface area (Å²) in [7, 11) is 1.94. The first-order chi connectivity index (χ1) is 8.67. The number of aryl methyl sites for hydroxylation is 1. The third-order valence-corrected chi connectivity index (χ3v) is 3.14. The van der Waals surface area contributed by atoms with Gasteiger partial charge in [0.05, 0.1) is 0 Å². The fourth-order valence-corrected chi connectivity index (χ4v) is 1.95. The summed E-state index contributed by atoms with van der Waals surface area (Å²) < 4.78 is 18.7. The lowest BCUT2D eigenvalue weighted by atomic mass is 9.99. The summed E-state index contributed by atoms with van der Waals surface area (Å²) in [5.41, 5.74) is 2.22. The Morgan fingerprint density at radius 1 is 1.33 bits per heavy atom. The van der Waals surface area contributed by atoms with Crippen LogP contribution < -0.4 is 5.32 Å². The van der Waals surface area contributed by atoms with Crippen molar-refractivity contribution in [2.75, 3.05) is 20.3 Å². The number of hydrogen-bond donors (Lipinski definition) is 1. The Bertz CT molecular complexity index is 354. The molecule has 0 heterocycles. The number of halogens is 1. The van der Waals surface area contributed by atoms with E-state index in [1.54, 1.807) is 6.07 Å². The number of hydrogen-bond acceptors (Lipinski definition) is 2. The van der Waals surface area contributed by atoms with E-state index in [0.717, 1.165) is 43.6 Å². The molecule has 1 unspecified atom stereocenters. The Morgan fingerprint density at radius 3 is 2.78 bits per heavy atom. The molecule has 1 atom stereocenters. The molecule has 3 heteroatoms. The van der Waals surface area contributed by atoms with Gasteiger partial charge in [0.2, 0.25) is 0 Å². The first-order valence-electron chi connectivity index (χ1n) is 6.67. The highest BCUT2D eigenvalue weighted by Gasteiger charge is 2.09. The van der Waals surface area contributed by atoms with Crippen LogP contribution in [-0.4, -0.2) is 26.3 Å². The second-order valence-electron chi connectivity index (χ2n) is 4.66. The smallest absolute Gasteiger partial charge is 0.123 e. The summed E-state index contributed by atoms with van der Waals surface area (Å²) in [6.45, 7) is 5.70. The summed E-state index contributed by atoms with van der Waals surface area (Å²) in [4.78, 5) is 0. The van der Waals surface area contributed by atoms with Crippen molar-refractivity contribution in [3.05, 3.63) is 35.1 Å². The van der Waals surface area contributed by atoms with E-state index in [9.17, 15) is 4.39 Å². The first kappa shape index (κ1) is 15.1. The summed E-state index contributed by atoms with van der Waals surface area (Å²) in [5, 5.41) is 3.27. The number of likely N-dealkylation sites (N-methyl/N-ethyl adjacent to an activating group) is 1. The third-order valence-electron chi connectivity index (χ3n) is 3.14. The van der Waals surface area contributed by atoms with Crippen LogP contribution >= 0.6 is 0 Å². The molecule has 0 bridgehead atoms. The van der Waals surface area contributed by atoms with Gasteiger partial charge < -0.3 is 10.1 Å². The van der Waals surface area contributed by atoms with Crippen LogP contribution in [0.5, 0.6) is 0 Å². The number of benzene rings is 1. The number of ether oxygens (including phenoxy) is 1. The molecule has 0 aliphatic rings. The minimum absolute atomic E-state index is 0.160. The zero-order valence-corrected chi connectivity index (χ0v) is 11.6. The van der Waals surface area contributed by atoms with Gasteiger partial charge in [-0.1, -0.05) is 13.0 Å². The molecule has 0 amide bonds. The fraction of sp³-hybridized carbons (Fsp3) is 0.600. The Morgan fingerprint density at radius 2 is 2.11 bits per heavy atom. The van der Waals surface area contributed by atoms with Gasteiger partial charge in [-0.15, -0.1) is 0 Å². The predicted molar refractivity (Wildman–Crippen MR) is 73.4 cm³/mol. The average molecular weight is 253 g/mol. The van der Waals surface area contributed by atoms with E-state index >= 15 is 0 Å². The van der Waals surface area contributed by atoms with Crippen molar-refractivity contribution in [3.63, 3.8) is 0 Å². The molecule has 1 rings (SSSR count). The van der Waals surface area contributed by atoms with E-state index in [2.05, 4.69) is 12.2 Å². The molecule has 0 radical (unpaired) electrons. The third kappa shape index (κ3) is 5.15. The van der Waals surface area contributed by atoms with Crippen molar-refractivity contribution in [2.45, 2.75) is 39.2 Å². The van der Waals surface area contributed by atoms with E-state index < -0.39 is 0 Å². The van der Waals surface area contributed by atoms with Gasteiger partial charge in [0, 0.05) is 19.3 Å². The van der Waals surface area contributed by atoms with Gasteiger partial charge in [-0.25, -0.2) is 4.39 Å². The first-order valence-corrected chi connectivity index (χ1v) is 6.67. The standard InChI is InChI=1S/C15H24FNO/c1-4-8-18-9-7-15(17-3)11-13-10-14(16)6-5-12(13)2/h5-6,10,15,17H,4,7-9,11H2,1-3H3. The fourth-order valence-electron chi connectivity index (χ4n) is 1.95. The van der Waals surface area contributed by atoms with Crippen LogP contribution in [0.3, 0.4) is 0 Å². The SMILES string of the molecule is CCCOCCC(Cc1cc(F)ccc1C)NC. The Balaban J connectivity index is 2.48. The minimum Gasteiger partial charge on any atom is -0.381 e. The molecule has 1 N–H and O–H groups in total. The van der Waals surface area contributed by atoms with Crippen molar-refractivity contribution in [1.29, 1.82) is 0 Å². The van der Waals surface area contributed by atoms with E-state index in [0.29, 0.717) is 6.04 Å². The quantitative estimate of drug-likeness (QED) is 0.719.